The molecule has 0 aromatic carbocycles. The molecule has 0 atom stereocenters. The van der Waals surface area contributed by atoms with Gasteiger partial charge < -0.3 is 5.11 Å². The third kappa shape index (κ3) is 9.03. The first kappa shape index (κ1) is 15.4. The number of carboxylic acids is 1. The molecule has 14 heavy (non-hydrogen) atoms. The minimum Gasteiger partial charge on any atom is -0.478 e. The van der Waals surface area contributed by atoms with Crippen molar-refractivity contribution in [3.63, 3.8) is 0 Å². The lowest BCUT2D eigenvalue weighted by molar-refractivity contribution is -0.131. The predicted molar refractivity (Wildman–Crippen MR) is 60.9 cm³/mol. The zero-order valence-corrected chi connectivity index (χ0v) is 8.87. The first-order chi connectivity index (χ1) is 6.20. The highest BCUT2D eigenvalue weighted by Crippen LogP contribution is 1.89. The van der Waals surface area contributed by atoms with Crippen LogP contribution in [-0.2, 0) is 4.79 Å². The molecule has 0 aliphatic carbocycles. The Hall–Kier alpha value is -1.06. The normalized spacial score (nSPS) is 9.79. The van der Waals surface area contributed by atoms with Gasteiger partial charge in [-0.1, -0.05) is 18.2 Å². The molecule has 0 aliphatic rings. The lowest BCUT2D eigenvalue weighted by Gasteiger charge is -2.15. The fraction of sp³-hybridized carbons (Fsp3) is 0.300. The smallest absolute Gasteiger partial charge is 0.328 e. The maximum absolute atomic E-state index is 10.2. The van der Waals surface area contributed by atoms with Crippen LogP contribution >= 0.6 is 12.4 Å². The molecule has 0 aromatic rings. The predicted octanol–water partition coefficient (Wildman–Crippen LogP) is 1.72. The van der Waals surface area contributed by atoms with Gasteiger partial charge in [0, 0.05) is 25.7 Å². The summed E-state index contributed by atoms with van der Waals surface area (Å²) >= 11 is 0. The monoisotopic (exact) mass is 217 g/mol. The Balaban J connectivity index is 0. The van der Waals surface area contributed by atoms with Crippen molar-refractivity contribution in [2.24, 2.45) is 0 Å². The summed E-state index contributed by atoms with van der Waals surface area (Å²) in [6.45, 7) is 9.28. The molecular formula is C10H16ClNO2. The minimum atomic E-state index is -0.919. The van der Waals surface area contributed by atoms with Gasteiger partial charge in [0.1, 0.15) is 0 Å². The van der Waals surface area contributed by atoms with Gasteiger partial charge in [0.05, 0.1) is 0 Å². The lowest BCUT2D eigenvalue weighted by Crippen LogP contribution is -2.23. The Labute approximate surface area is 90.8 Å². The van der Waals surface area contributed by atoms with Crippen molar-refractivity contribution in [2.45, 2.75) is 0 Å². The van der Waals surface area contributed by atoms with Crippen LogP contribution in [-0.4, -0.2) is 35.6 Å². The van der Waals surface area contributed by atoms with E-state index >= 15 is 0 Å². The van der Waals surface area contributed by atoms with Crippen LogP contribution in [0, 0.1) is 0 Å². The molecule has 0 rings (SSSR count). The molecule has 0 unspecified atom stereocenters. The number of carboxylic acid groups (broad SMARTS) is 1. The third-order valence-corrected chi connectivity index (χ3v) is 1.40. The van der Waals surface area contributed by atoms with Gasteiger partial charge in [-0.05, 0) is 0 Å². The molecule has 0 saturated heterocycles. The van der Waals surface area contributed by atoms with Gasteiger partial charge in [0.15, 0.2) is 0 Å². The van der Waals surface area contributed by atoms with Crippen molar-refractivity contribution in [1.82, 2.24) is 4.90 Å². The summed E-state index contributed by atoms with van der Waals surface area (Å²) in [4.78, 5) is 12.2. The molecule has 0 aromatic heterocycles. The van der Waals surface area contributed by atoms with E-state index in [1.807, 2.05) is 4.90 Å². The lowest BCUT2D eigenvalue weighted by atomic mass is 10.4. The maximum atomic E-state index is 10.2. The van der Waals surface area contributed by atoms with Gasteiger partial charge in [0.25, 0.3) is 0 Å². The summed E-state index contributed by atoms with van der Waals surface area (Å²) in [5, 5.41) is 8.34. The zero-order chi connectivity index (χ0) is 10.1. The van der Waals surface area contributed by atoms with Gasteiger partial charge in [-0.25, -0.2) is 4.79 Å². The quantitative estimate of drug-likeness (QED) is 0.522. The molecule has 4 heteroatoms. The Bertz CT molecular complexity index is 204. The Kier molecular flexibility index (Phi) is 11.0. The van der Waals surface area contributed by atoms with E-state index in [1.54, 1.807) is 18.2 Å². The van der Waals surface area contributed by atoms with Crippen LogP contribution in [0.4, 0.5) is 0 Å². The highest BCUT2D eigenvalue weighted by Gasteiger charge is 1.96. The van der Waals surface area contributed by atoms with Crippen molar-refractivity contribution >= 4 is 18.4 Å². The second-order valence-electron chi connectivity index (χ2n) is 2.54. The molecule has 3 nitrogen and oxygen atoms in total. The van der Waals surface area contributed by atoms with Crippen LogP contribution in [0.3, 0.4) is 0 Å². The molecule has 0 saturated carbocycles. The number of carbonyl (C=O) groups is 1. The van der Waals surface area contributed by atoms with Crippen LogP contribution in [0.5, 0.6) is 0 Å². The van der Waals surface area contributed by atoms with E-state index in [-0.39, 0.29) is 12.4 Å². The van der Waals surface area contributed by atoms with E-state index in [4.69, 9.17) is 5.11 Å². The number of nitrogens with zero attached hydrogens (tertiary/aromatic N) is 1. The molecule has 0 aliphatic heterocycles. The molecule has 80 valence electrons. The fourth-order valence-corrected chi connectivity index (χ4v) is 0.891. The fourth-order valence-electron chi connectivity index (χ4n) is 0.891. The van der Waals surface area contributed by atoms with Crippen molar-refractivity contribution in [3.05, 3.63) is 37.5 Å². The molecule has 0 heterocycles. The van der Waals surface area contributed by atoms with Crippen LogP contribution in [0.25, 0.3) is 0 Å². The Morgan fingerprint density at radius 2 is 1.71 bits per heavy atom. The van der Waals surface area contributed by atoms with Crippen molar-refractivity contribution < 1.29 is 9.90 Å². The van der Waals surface area contributed by atoms with E-state index in [0.29, 0.717) is 6.54 Å². The van der Waals surface area contributed by atoms with Crippen LogP contribution in [0.1, 0.15) is 0 Å². The first-order valence-corrected chi connectivity index (χ1v) is 4.04. The average molecular weight is 218 g/mol. The second-order valence-corrected chi connectivity index (χ2v) is 2.54. The topological polar surface area (TPSA) is 40.5 Å². The average Bonchev–Trinajstić information content (AvgIpc) is 2.04. The van der Waals surface area contributed by atoms with E-state index < -0.39 is 5.97 Å². The van der Waals surface area contributed by atoms with Gasteiger partial charge in [0.2, 0.25) is 0 Å². The van der Waals surface area contributed by atoms with Crippen molar-refractivity contribution in [1.29, 1.82) is 0 Å². The number of halogens is 1. The molecule has 0 amide bonds. The molecular weight excluding hydrogens is 202 g/mol. The summed E-state index contributed by atoms with van der Waals surface area (Å²) in [5.74, 6) is -0.919. The molecule has 0 fully saturated rings. The summed E-state index contributed by atoms with van der Waals surface area (Å²) in [5.41, 5.74) is 0. The van der Waals surface area contributed by atoms with Crippen LogP contribution in [0.15, 0.2) is 37.5 Å². The first-order valence-electron chi connectivity index (χ1n) is 4.04. The number of aliphatic carboxylic acids is 1. The van der Waals surface area contributed by atoms with Gasteiger partial charge >= 0.3 is 5.97 Å². The van der Waals surface area contributed by atoms with Gasteiger partial charge in [-0.3, -0.25) is 4.90 Å². The molecule has 0 radical (unpaired) electrons. The van der Waals surface area contributed by atoms with E-state index in [9.17, 15) is 4.79 Å². The summed E-state index contributed by atoms with van der Waals surface area (Å²) in [6.07, 6.45) is 6.30. The highest BCUT2D eigenvalue weighted by molar-refractivity contribution is 5.85. The Morgan fingerprint density at radius 1 is 1.21 bits per heavy atom. The summed E-state index contributed by atoms with van der Waals surface area (Å²) < 4.78 is 0. The number of hydrogen-bond acceptors (Lipinski definition) is 2. The highest BCUT2D eigenvalue weighted by atomic mass is 35.5. The third-order valence-electron chi connectivity index (χ3n) is 1.40. The van der Waals surface area contributed by atoms with Crippen molar-refractivity contribution in [2.75, 3.05) is 19.6 Å². The second kappa shape index (κ2) is 10.0. The van der Waals surface area contributed by atoms with Crippen molar-refractivity contribution in [3.8, 4) is 0 Å². The zero-order valence-electron chi connectivity index (χ0n) is 8.06. The molecule has 0 bridgehead atoms. The standard InChI is InChI=1S/C10H15NO2.ClH/c1-3-7-11(8-4-2)9-5-6-10(12)13;/h3-6H,1-2,7-9H2,(H,12,13);1H. The number of rotatable bonds is 7. The van der Waals surface area contributed by atoms with Crippen LogP contribution in [0.2, 0.25) is 0 Å². The van der Waals surface area contributed by atoms with E-state index in [1.165, 1.54) is 0 Å². The van der Waals surface area contributed by atoms with Gasteiger partial charge in [-0.2, -0.15) is 0 Å². The minimum absolute atomic E-state index is 0. The van der Waals surface area contributed by atoms with Gasteiger partial charge in [-0.15, -0.1) is 25.6 Å². The molecule has 0 spiro atoms. The Morgan fingerprint density at radius 3 is 2.07 bits per heavy atom. The largest absolute Gasteiger partial charge is 0.478 e. The summed E-state index contributed by atoms with van der Waals surface area (Å²) in [6, 6.07) is 0. The summed E-state index contributed by atoms with van der Waals surface area (Å²) in [7, 11) is 0. The maximum Gasteiger partial charge on any atom is 0.328 e. The van der Waals surface area contributed by atoms with E-state index in [2.05, 4.69) is 13.2 Å². The van der Waals surface area contributed by atoms with E-state index in [0.717, 1.165) is 19.2 Å². The molecule has 1 N–H and O–H groups in total. The number of hydrogen-bond donors (Lipinski definition) is 1. The van der Waals surface area contributed by atoms with Crippen LogP contribution < -0.4 is 0 Å². The SMILES string of the molecule is C=CCN(CC=C)CC=CC(=O)O.Cl.